The first kappa shape index (κ1) is 15.0. The van der Waals surface area contributed by atoms with Gasteiger partial charge in [0.2, 0.25) is 0 Å². The van der Waals surface area contributed by atoms with E-state index < -0.39 is 4.92 Å². The Morgan fingerprint density at radius 1 is 1.38 bits per heavy atom. The summed E-state index contributed by atoms with van der Waals surface area (Å²) in [6, 6.07) is 6.10. The van der Waals surface area contributed by atoms with Gasteiger partial charge in [0, 0.05) is 18.7 Å². The van der Waals surface area contributed by atoms with Crippen LogP contribution in [0, 0.1) is 10.1 Å². The van der Waals surface area contributed by atoms with E-state index in [1.54, 1.807) is 18.4 Å². The molecule has 0 saturated heterocycles. The van der Waals surface area contributed by atoms with Crippen LogP contribution in [0.3, 0.4) is 0 Å². The van der Waals surface area contributed by atoms with Gasteiger partial charge in [-0.05, 0) is 41.4 Å². The number of rotatable bonds is 5. The fraction of sp³-hybridized carbons (Fsp3) is 0.214. The predicted molar refractivity (Wildman–Crippen MR) is 82.8 cm³/mol. The first-order chi connectivity index (χ1) is 10.0. The molecular formula is C14H15N3O3S. The lowest BCUT2D eigenvalue weighted by Gasteiger charge is -2.13. The molecule has 2 rings (SSSR count). The van der Waals surface area contributed by atoms with Crippen molar-refractivity contribution in [3.05, 3.63) is 56.3 Å². The molecule has 0 aliphatic heterocycles. The molecule has 1 atom stereocenters. The van der Waals surface area contributed by atoms with E-state index in [4.69, 9.17) is 0 Å². The van der Waals surface area contributed by atoms with Crippen LogP contribution in [0.2, 0.25) is 0 Å². The monoisotopic (exact) mass is 305 g/mol. The van der Waals surface area contributed by atoms with Gasteiger partial charge in [-0.3, -0.25) is 14.9 Å². The fourth-order valence-electron chi connectivity index (χ4n) is 1.92. The molecule has 110 valence electrons. The fourth-order valence-corrected chi connectivity index (χ4v) is 2.68. The summed E-state index contributed by atoms with van der Waals surface area (Å²) in [5.41, 5.74) is 1.67. The second kappa shape index (κ2) is 6.36. The average molecular weight is 305 g/mol. The van der Waals surface area contributed by atoms with E-state index in [-0.39, 0.29) is 17.6 Å². The maximum absolute atomic E-state index is 12.2. The van der Waals surface area contributed by atoms with E-state index >= 15 is 0 Å². The zero-order chi connectivity index (χ0) is 15.4. The number of carbonyl (C=O) groups is 1. The van der Waals surface area contributed by atoms with Crippen LogP contribution in [-0.4, -0.2) is 17.9 Å². The minimum atomic E-state index is -0.485. The molecule has 0 bridgehead atoms. The normalized spacial score (nSPS) is 11.7. The lowest BCUT2D eigenvalue weighted by Crippen LogP contribution is -2.26. The molecule has 1 aromatic carbocycles. The summed E-state index contributed by atoms with van der Waals surface area (Å²) in [7, 11) is 1.58. The highest BCUT2D eigenvalue weighted by Crippen LogP contribution is 2.25. The third-order valence-electron chi connectivity index (χ3n) is 3.12. The Morgan fingerprint density at radius 3 is 2.71 bits per heavy atom. The van der Waals surface area contributed by atoms with Crippen LogP contribution in [0.5, 0.6) is 0 Å². The van der Waals surface area contributed by atoms with Crippen molar-refractivity contribution >= 4 is 28.6 Å². The Balaban J connectivity index is 2.18. The number of nitrogens with zero attached hydrogens (tertiary/aromatic N) is 1. The van der Waals surface area contributed by atoms with Crippen molar-refractivity contribution in [1.29, 1.82) is 0 Å². The third-order valence-corrected chi connectivity index (χ3v) is 3.82. The van der Waals surface area contributed by atoms with E-state index in [0.717, 1.165) is 5.56 Å². The SMILES string of the molecule is CNc1cc(C(=O)NC(C)c2ccsc2)ccc1[N+](=O)[O-]. The van der Waals surface area contributed by atoms with Crippen molar-refractivity contribution in [1.82, 2.24) is 5.32 Å². The Labute approximate surface area is 126 Å². The molecule has 2 aromatic rings. The molecule has 0 saturated carbocycles. The summed E-state index contributed by atoms with van der Waals surface area (Å²) in [5, 5.41) is 20.4. The van der Waals surface area contributed by atoms with Crippen LogP contribution in [0.25, 0.3) is 0 Å². The summed E-state index contributed by atoms with van der Waals surface area (Å²) in [6.07, 6.45) is 0. The Hall–Kier alpha value is -2.41. The maximum atomic E-state index is 12.2. The Morgan fingerprint density at radius 2 is 2.14 bits per heavy atom. The molecule has 1 unspecified atom stereocenters. The first-order valence-electron chi connectivity index (χ1n) is 6.32. The van der Waals surface area contributed by atoms with Crippen LogP contribution < -0.4 is 10.6 Å². The molecule has 0 aliphatic rings. The number of benzene rings is 1. The number of nitrogens with one attached hydrogen (secondary N) is 2. The van der Waals surface area contributed by atoms with Crippen LogP contribution in [0.4, 0.5) is 11.4 Å². The zero-order valence-corrected chi connectivity index (χ0v) is 12.4. The maximum Gasteiger partial charge on any atom is 0.292 e. The summed E-state index contributed by atoms with van der Waals surface area (Å²) in [4.78, 5) is 22.6. The van der Waals surface area contributed by atoms with Crippen LogP contribution >= 0.6 is 11.3 Å². The molecule has 0 radical (unpaired) electrons. The van der Waals surface area contributed by atoms with E-state index in [0.29, 0.717) is 11.3 Å². The lowest BCUT2D eigenvalue weighted by atomic mass is 10.1. The minimum absolute atomic E-state index is 0.0556. The lowest BCUT2D eigenvalue weighted by molar-refractivity contribution is -0.383. The molecule has 0 fully saturated rings. The van der Waals surface area contributed by atoms with Crippen LogP contribution in [0.1, 0.15) is 28.9 Å². The van der Waals surface area contributed by atoms with Crippen molar-refractivity contribution in [2.45, 2.75) is 13.0 Å². The molecular weight excluding hydrogens is 290 g/mol. The van der Waals surface area contributed by atoms with E-state index in [1.165, 1.54) is 18.2 Å². The first-order valence-corrected chi connectivity index (χ1v) is 7.26. The molecule has 0 aliphatic carbocycles. The highest BCUT2D eigenvalue weighted by atomic mass is 32.1. The van der Waals surface area contributed by atoms with Gasteiger partial charge < -0.3 is 10.6 Å². The molecule has 2 N–H and O–H groups in total. The third kappa shape index (κ3) is 3.38. The van der Waals surface area contributed by atoms with Crippen molar-refractivity contribution in [2.24, 2.45) is 0 Å². The smallest absolute Gasteiger partial charge is 0.292 e. The van der Waals surface area contributed by atoms with Gasteiger partial charge in [-0.1, -0.05) is 0 Å². The Kier molecular flexibility index (Phi) is 4.54. The average Bonchev–Trinajstić information content (AvgIpc) is 3.00. The molecule has 7 heteroatoms. The summed E-state index contributed by atoms with van der Waals surface area (Å²) in [5.74, 6) is -0.264. The predicted octanol–water partition coefficient (Wildman–Crippen LogP) is 3.19. The molecule has 21 heavy (non-hydrogen) atoms. The highest BCUT2D eigenvalue weighted by Gasteiger charge is 2.17. The number of thiophene rings is 1. The van der Waals surface area contributed by atoms with Gasteiger partial charge >= 0.3 is 0 Å². The summed E-state index contributed by atoms with van der Waals surface area (Å²) < 4.78 is 0. The second-order valence-electron chi connectivity index (χ2n) is 4.49. The number of nitro benzene ring substituents is 1. The number of carbonyl (C=O) groups excluding carboxylic acids is 1. The highest BCUT2D eigenvalue weighted by molar-refractivity contribution is 7.07. The molecule has 1 aromatic heterocycles. The quantitative estimate of drug-likeness (QED) is 0.656. The molecule has 0 spiro atoms. The van der Waals surface area contributed by atoms with E-state index in [1.807, 2.05) is 23.8 Å². The van der Waals surface area contributed by atoms with Crippen LogP contribution in [-0.2, 0) is 0 Å². The second-order valence-corrected chi connectivity index (χ2v) is 5.27. The van der Waals surface area contributed by atoms with Crippen LogP contribution in [0.15, 0.2) is 35.0 Å². The topological polar surface area (TPSA) is 84.3 Å². The molecule has 1 heterocycles. The summed E-state index contributed by atoms with van der Waals surface area (Å²) in [6.45, 7) is 1.89. The Bertz CT molecular complexity index is 655. The zero-order valence-electron chi connectivity index (χ0n) is 11.6. The largest absolute Gasteiger partial charge is 0.383 e. The van der Waals surface area contributed by atoms with E-state index in [9.17, 15) is 14.9 Å². The number of nitro groups is 1. The molecule has 6 nitrogen and oxygen atoms in total. The van der Waals surface area contributed by atoms with Crippen molar-refractivity contribution < 1.29 is 9.72 Å². The van der Waals surface area contributed by atoms with Gasteiger partial charge in [-0.2, -0.15) is 11.3 Å². The standard InChI is InChI=1S/C14H15N3O3S/c1-9(11-5-6-21-8-11)16-14(18)10-3-4-13(17(19)20)12(7-10)15-2/h3-9,15H,1-2H3,(H,16,18). The van der Waals surface area contributed by atoms with Gasteiger partial charge in [-0.25, -0.2) is 0 Å². The van der Waals surface area contributed by atoms with Crippen molar-refractivity contribution in [2.75, 3.05) is 12.4 Å². The van der Waals surface area contributed by atoms with Crippen molar-refractivity contribution in [3.8, 4) is 0 Å². The minimum Gasteiger partial charge on any atom is -0.383 e. The molecule has 1 amide bonds. The van der Waals surface area contributed by atoms with Gasteiger partial charge in [0.05, 0.1) is 11.0 Å². The van der Waals surface area contributed by atoms with E-state index in [2.05, 4.69) is 10.6 Å². The van der Waals surface area contributed by atoms with Gasteiger partial charge in [0.1, 0.15) is 5.69 Å². The van der Waals surface area contributed by atoms with Crippen molar-refractivity contribution in [3.63, 3.8) is 0 Å². The number of hydrogen-bond donors (Lipinski definition) is 2. The number of anilines is 1. The van der Waals surface area contributed by atoms with Gasteiger partial charge in [0.25, 0.3) is 11.6 Å². The van der Waals surface area contributed by atoms with Gasteiger partial charge in [-0.15, -0.1) is 0 Å². The number of amides is 1. The van der Waals surface area contributed by atoms with Gasteiger partial charge in [0.15, 0.2) is 0 Å². The number of hydrogen-bond acceptors (Lipinski definition) is 5. The summed E-state index contributed by atoms with van der Waals surface area (Å²) >= 11 is 1.57.